The van der Waals surface area contributed by atoms with Gasteiger partial charge in [-0.2, -0.15) is 4.98 Å². The summed E-state index contributed by atoms with van der Waals surface area (Å²) in [5.41, 5.74) is 1.48. The predicted octanol–water partition coefficient (Wildman–Crippen LogP) is 3.41. The number of carboxylic acids is 1. The highest BCUT2D eigenvalue weighted by molar-refractivity contribution is 5.92. The van der Waals surface area contributed by atoms with Crippen LogP contribution >= 0.6 is 0 Å². The molecular formula is C14H9FN2O3. The van der Waals surface area contributed by atoms with Crippen molar-refractivity contribution >= 4 is 28.8 Å². The van der Waals surface area contributed by atoms with Crippen LogP contribution in [-0.4, -0.2) is 16.1 Å². The quantitative estimate of drug-likeness (QED) is 0.764. The van der Waals surface area contributed by atoms with Crippen molar-refractivity contribution in [3.63, 3.8) is 0 Å². The fourth-order valence-electron chi connectivity index (χ4n) is 1.80. The summed E-state index contributed by atoms with van der Waals surface area (Å²) >= 11 is 0. The third-order valence-electron chi connectivity index (χ3n) is 2.71. The van der Waals surface area contributed by atoms with Gasteiger partial charge < -0.3 is 14.8 Å². The molecular weight excluding hydrogens is 263 g/mol. The summed E-state index contributed by atoms with van der Waals surface area (Å²) in [5.74, 6) is -1.41. The van der Waals surface area contributed by atoms with Crippen molar-refractivity contribution in [1.29, 1.82) is 0 Å². The minimum atomic E-state index is -1.04. The van der Waals surface area contributed by atoms with Crippen LogP contribution < -0.4 is 5.32 Å². The Kier molecular flexibility index (Phi) is 2.83. The summed E-state index contributed by atoms with van der Waals surface area (Å²) in [7, 11) is 0. The number of anilines is 2. The summed E-state index contributed by atoms with van der Waals surface area (Å²) in [6, 6.07) is 10.4. The maximum atomic E-state index is 13.1. The van der Waals surface area contributed by atoms with Crippen molar-refractivity contribution in [2.75, 3.05) is 5.32 Å². The highest BCUT2D eigenvalue weighted by Crippen LogP contribution is 2.23. The lowest BCUT2D eigenvalue weighted by Crippen LogP contribution is -1.94. The third kappa shape index (κ3) is 2.31. The Balaban J connectivity index is 1.95. The van der Waals surface area contributed by atoms with Crippen LogP contribution in [0, 0.1) is 5.82 Å². The van der Waals surface area contributed by atoms with Crippen molar-refractivity contribution in [2.24, 2.45) is 0 Å². The molecule has 3 aromatic rings. The van der Waals surface area contributed by atoms with Gasteiger partial charge in [0.05, 0.1) is 5.56 Å². The molecule has 0 fully saturated rings. The summed E-state index contributed by atoms with van der Waals surface area (Å²) in [6.07, 6.45) is 0. The number of nitrogens with one attached hydrogen (secondary N) is 1. The lowest BCUT2D eigenvalue weighted by atomic mass is 10.2. The van der Waals surface area contributed by atoms with E-state index in [1.165, 1.54) is 24.3 Å². The standard InChI is InChI=1S/C14H9FN2O3/c15-9-2-1-3-10(7-9)16-14-17-11-5-4-8(13(18)19)6-12(11)20-14/h1-7H,(H,16,17)(H,18,19). The molecule has 20 heavy (non-hydrogen) atoms. The Bertz CT molecular complexity index is 798. The van der Waals surface area contributed by atoms with Gasteiger partial charge in [0.25, 0.3) is 6.01 Å². The van der Waals surface area contributed by atoms with E-state index in [9.17, 15) is 9.18 Å². The zero-order valence-electron chi connectivity index (χ0n) is 10.1. The van der Waals surface area contributed by atoms with E-state index < -0.39 is 5.97 Å². The molecule has 5 nitrogen and oxygen atoms in total. The Morgan fingerprint density at radius 1 is 1.25 bits per heavy atom. The van der Waals surface area contributed by atoms with Gasteiger partial charge in [-0.05, 0) is 36.4 Å². The second-order valence-electron chi connectivity index (χ2n) is 4.14. The maximum Gasteiger partial charge on any atom is 0.335 e. The topological polar surface area (TPSA) is 75.4 Å². The molecule has 0 aliphatic heterocycles. The summed E-state index contributed by atoms with van der Waals surface area (Å²) < 4.78 is 18.5. The van der Waals surface area contributed by atoms with E-state index in [1.807, 2.05) is 0 Å². The lowest BCUT2D eigenvalue weighted by Gasteiger charge is -2.00. The van der Waals surface area contributed by atoms with E-state index in [0.29, 0.717) is 16.8 Å². The summed E-state index contributed by atoms with van der Waals surface area (Å²) in [4.78, 5) is 15.0. The zero-order valence-corrected chi connectivity index (χ0v) is 10.1. The normalized spacial score (nSPS) is 10.7. The molecule has 0 amide bonds. The van der Waals surface area contributed by atoms with Gasteiger partial charge in [0.2, 0.25) is 0 Å². The molecule has 0 aliphatic carbocycles. The average molecular weight is 272 g/mol. The number of hydrogen-bond acceptors (Lipinski definition) is 4. The number of rotatable bonds is 3. The second kappa shape index (κ2) is 4.65. The molecule has 0 spiro atoms. The molecule has 1 heterocycles. The minimum absolute atomic E-state index is 0.117. The first-order valence-corrected chi connectivity index (χ1v) is 5.78. The van der Waals surface area contributed by atoms with Crippen molar-refractivity contribution in [1.82, 2.24) is 4.98 Å². The van der Waals surface area contributed by atoms with E-state index in [-0.39, 0.29) is 17.4 Å². The molecule has 100 valence electrons. The Hall–Kier alpha value is -2.89. The number of benzene rings is 2. The number of hydrogen-bond donors (Lipinski definition) is 2. The number of aromatic nitrogens is 1. The van der Waals surface area contributed by atoms with Crippen LogP contribution in [0.4, 0.5) is 16.1 Å². The first kappa shape index (κ1) is 12.2. The Morgan fingerprint density at radius 2 is 2.10 bits per heavy atom. The van der Waals surface area contributed by atoms with Crippen LogP contribution in [0.15, 0.2) is 46.9 Å². The predicted molar refractivity (Wildman–Crippen MR) is 70.7 cm³/mol. The van der Waals surface area contributed by atoms with Crippen LogP contribution in [0.2, 0.25) is 0 Å². The fourth-order valence-corrected chi connectivity index (χ4v) is 1.80. The van der Waals surface area contributed by atoms with Crippen LogP contribution in [0.3, 0.4) is 0 Å². The average Bonchev–Trinajstić information content (AvgIpc) is 2.79. The number of aromatic carboxylic acids is 1. The molecule has 0 radical (unpaired) electrons. The molecule has 0 atom stereocenters. The van der Waals surface area contributed by atoms with E-state index in [2.05, 4.69) is 10.3 Å². The van der Waals surface area contributed by atoms with E-state index in [4.69, 9.17) is 9.52 Å². The lowest BCUT2D eigenvalue weighted by molar-refractivity contribution is 0.0697. The van der Waals surface area contributed by atoms with Crippen LogP contribution in [-0.2, 0) is 0 Å². The molecule has 0 bridgehead atoms. The first-order valence-electron chi connectivity index (χ1n) is 5.78. The van der Waals surface area contributed by atoms with Gasteiger partial charge in [0.15, 0.2) is 5.58 Å². The molecule has 1 aromatic heterocycles. The number of oxazole rings is 1. The van der Waals surface area contributed by atoms with Crippen LogP contribution in [0.5, 0.6) is 0 Å². The van der Waals surface area contributed by atoms with Gasteiger partial charge in [0.1, 0.15) is 11.3 Å². The molecule has 0 unspecified atom stereocenters. The van der Waals surface area contributed by atoms with Crippen molar-refractivity contribution in [3.8, 4) is 0 Å². The molecule has 3 rings (SSSR count). The Labute approximate surface area is 112 Å². The molecule has 0 saturated heterocycles. The van der Waals surface area contributed by atoms with Crippen LogP contribution in [0.25, 0.3) is 11.1 Å². The van der Waals surface area contributed by atoms with Gasteiger partial charge in [-0.3, -0.25) is 0 Å². The van der Waals surface area contributed by atoms with Gasteiger partial charge in [-0.25, -0.2) is 9.18 Å². The van der Waals surface area contributed by atoms with Crippen LogP contribution in [0.1, 0.15) is 10.4 Å². The monoisotopic (exact) mass is 272 g/mol. The summed E-state index contributed by atoms with van der Waals surface area (Å²) in [5, 5.41) is 11.7. The van der Waals surface area contributed by atoms with Crippen molar-refractivity contribution in [3.05, 3.63) is 53.8 Å². The minimum Gasteiger partial charge on any atom is -0.478 e. The highest BCUT2D eigenvalue weighted by Gasteiger charge is 2.10. The Morgan fingerprint density at radius 3 is 2.85 bits per heavy atom. The van der Waals surface area contributed by atoms with E-state index in [0.717, 1.165) is 0 Å². The number of carbonyl (C=O) groups is 1. The zero-order chi connectivity index (χ0) is 14.1. The van der Waals surface area contributed by atoms with Gasteiger partial charge >= 0.3 is 5.97 Å². The molecule has 2 N–H and O–H groups in total. The number of fused-ring (bicyclic) bond motifs is 1. The molecule has 6 heteroatoms. The molecule has 2 aromatic carbocycles. The van der Waals surface area contributed by atoms with Gasteiger partial charge in [0, 0.05) is 5.69 Å². The van der Waals surface area contributed by atoms with Gasteiger partial charge in [-0.15, -0.1) is 0 Å². The number of halogens is 1. The highest BCUT2D eigenvalue weighted by atomic mass is 19.1. The van der Waals surface area contributed by atoms with Gasteiger partial charge in [-0.1, -0.05) is 6.07 Å². The molecule has 0 saturated carbocycles. The maximum absolute atomic E-state index is 13.1. The van der Waals surface area contributed by atoms with Crippen molar-refractivity contribution in [2.45, 2.75) is 0 Å². The fraction of sp³-hybridized carbons (Fsp3) is 0. The summed E-state index contributed by atoms with van der Waals surface area (Å²) in [6.45, 7) is 0. The number of carboxylic acid groups (broad SMARTS) is 1. The first-order chi connectivity index (χ1) is 9.61. The number of nitrogens with zero attached hydrogens (tertiary/aromatic N) is 1. The molecule has 0 aliphatic rings. The SMILES string of the molecule is O=C(O)c1ccc2nc(Nc3cccc(F)c3)oc2c1. The van der Waals surface area contributed by atoms with E-state index >= 15 is 0 Å². The third-order valence-corrected chi connectivity index (χ3v) is 2.71. The largest absolute Gasteiger partial charge is 0.478 e. The smallest absolute Gasteiger partial charge is 0.335 e. The second-order valence-corrected chi connectivity index (χ2v) is 4.14. The van der Waals surface area contributed by atoms with E-state index in [1.54, 1.807) is 18.2 Å². The van der Waals surface area contributed by atoms with Crippen molar-refractivity contribution < 1.29 is 18.7 Å².